The van der Waals surface area contributed by atoms with Crippen LogP contribution in [0.1, 0.15) is 16.7 Å². The molecule has 1 aromatic carbocycles. The Balaban J connectivity index is 2.15. The topological polar surface area (TPSA) is 67.6 Å². The van der Waals surface area contributed by atoms with Gasteiger partial charge < -0.3 is 10.3 Å². The zero-order chi connectivity index (χ0) is 13.4. The summed E-state index contributed by atoms with van der Waals surface area (Å²) < 4.78 is 1.95. The van der Waals surface area contributed by atoms with E-state index < -0.39 is 0 Å². The van der Waals surface area contributed by atoms with Crippen LogP contribution in [-0.2, 0) is 6.54 Å². The molecule has 0 fully saturated rings. The molecule has 0 aliphatic rings. The zero-order valence-corrected chi connectivity index (χ0v) is 11.2. The van der Waals surface area contributed by atoms with Crippen molar-refractivity contribution < 1.29 is 0 Å². The van der Waals surface area contributed by atoms with Gasteiger partial charge in [0.1, 0.15) is 0 Å². The highest BCUT2D eigenvalue weighted by Gasteiger charge is 2.10. The number of imidazole rings is 1. The Hall–Kier alpha value is -2.32. The van der Waals surface area contributed by atoms with Crippen LogP contribution in [0.5, 0.6) is 0 Å². The van der Waals surface area contributed by atoms with E-state index in [1.54, 1.807) is 17.4 Å². The van der Waals surface area contributed by atoms with Crippen molar-refractivity contribution in [2.24, 2.45) is 0 Å². The minimum absolute atomic E-state index is 0.482. The molecule has 2 heterocycles. The molecule has 0 amide bonds. The Labute approximate surface area is 114 Å². The molecule has 0 radical (unpaired) electrons. The predicted octanol–water partition coefficient (Wildman–Crippen LogP) is 2.91. The number of nitrogens with zero attached hydrogens (tertiary/aromatic N) is 3. The maximum atomic E-state index is 8.99. The average Bonchev–Trinajstić information content (AvgIpc) is 2.94. The van der Waals surface area contributed by atoms with Gasteiger partial charge in [-0.1, -0.05) is 0 Å². The first-order chi connectivity index (χ1) is 9.19. The fraction of sp³-hybridized carbons (Fsp3) is 0.143. The van der Waals surface area contributed by atoms with Gasteiger partial charge in [-0.3, -0.25) is 0 Å². The summed E-state index contributed by atoms with van der Waals surface area (Å²) in [5, 5.41) is 13.2. The van der Waals surface area contributed by atoms with E-state index >= 15 is 0 Å². The van der Waals surface area contributed by atoms with Crippen molar-refractivity contribution in [2.75, 3.05) is 5.73 Å². The van der Waals surface area contributed by atoms with E-state index in [2.05, 4.69) is 28.7 Å². The quantitative estimate of drug-likeness (QED) is 0.777. The summed E-state index contributed by atoms with van der Waals surface area (Å²) >= 11 is 1.68. The maximum absolute atomic E-state index is 8.99. The van der Waals surface area contributed by atoms with Crippen molar-refractivity contribution in [3.05, 3.63) is 45.6 Å². The summed E-state index contributed by atoms with van der Waals surface area (Å²) in [6.07, 6.45) is 0. The van der Waals surface area contributed by atoms with Gasteiger partial charge in [-0.2, -0.15) is 16.6 Å². The lowest BCUT2D eigenvalue weighted by Gasteiger charge is -2.06. The largest absolute Gasteiger partial charge is 0.369 e. The van der Waals surface area contributed by atoms with Gasteiger partial charge >= 0.3 is 0 Å². The van der Waals surface area contributed by atoms with Gasteiger partial charge in [0.15, 0.2) is 0 Å². The van der Waals surface area contributed by atoms with E-state index in [0.29, 0.717) is 18.1 Å². The van der Waals surface area contributed by atoms with Crippen molar-refractivity contribution in [1.82, 2.24) is 9.55 Å². The summed E-state index contributed by atoms with van der Waals surface area (Å²) in [4.78, 5) is 4.33. The van der Waals surface area contributed by atoms with Gasteiger partial charge in [0.2, 0.25) is 5.95 Å². The van der Waals surface area contributed by atoms with Crippen LogP contribution in [0.4, 0.5) is 5.95 Å². The molecule has 2 aromatic heterocycles. The van der Waals surface area contributed by atoms with Crippen molar-refractivity contribution in [2.45, 2.75) is 13.5 Å². The number of benzene rings is 1. The summed E-state index contributed by atoms with van der Waals surface area (Å²) in [6.45, 7) is 2.77. The molecule has 0 unspecified atom stereocenters. The van der Waals surface area contributed by atoms with Gasteiger partial charge in [-0.05, 0) is 47.0 Å². The van der Waals surface area contributed by atoms with Crippen LogP contribution < -0.4 is 5.73 Å². The number of rotatable bonds is 2. The zero-order valence-electron chi connectivity index (χ0n) is 10.4. The summed E-state index contributed by atoms with van der Waals surface area (Å²) in [5.74, 6) is 0.482. The third-order valence-corrected chi connectivity index (χ3v) is 4.11. The molecule has 0 spiro atoms. The highest BCUT2D eigenvalue weighted by Crippen LogP contribution is 2.23. The molecule has 0 saturated heterocycles. The Kier molecular flexibility index (Phi) is 2.73. The van der Waals surface area contributed by atoms with E-state index in [1.807, 2.05) is 16.7 Å². The van der Waals surface area contributed by atoms with Gasteiger partial charge in [0.25, 0.3) is 0 Å². The van der Waals surface area contributed by atoms with Gasteiger partial charge in [-0.15, -0.1) is 0 Å². The second kappa shape index (κ2) is 4.41. The molecule has 2 N–H and O–H groups in total. The number of nitrogen functional groups attached to an aromatic ring is 1. The van der Waals surface area contributed by atoms with E-state index in [9.17, 15) is 0 Å². The smallest absolute Gasteiger partial charge is 0.201 e. The third kappa shape index (κ3) is 1.96. The van der Waals surface area contributed by atoms with Crippen LogP contribution in [-0.4, -0.2) is 9.55 Å². The molecule has 4 nitrogen and oxygen atoms in total. The van der Waals surface area contributed by atoms with Crippen molar-refractivity contribution in [3.63, 3.8) is 0 Å². The average molecular weight is 268 g/mol. The molecule has 0 saturated carbocycles. The summed E-state index contributed by atoms with van der Waals surface area (Å²) in [5.41, 5.74) is 10.8. The number of hydrogen-bond donors (Lipinski definition) is 1. The molecule has 3 rings (SSSR count). The number of nitriles is 1. The molecular formula is C14H12N4S. The fourth-order valence-electron chi connectivity index (χ4n) is 2.10. The fourth-order valence-corrected chi connectivity index (χ4v) is 2.94. The van der Waals surface area contributed by atoms with Gasteiger partial charge in [0.05, 0.1) is 29.2 Å². The molecular weight excluding hydrogens is 256 g/mol. The molecule has 3 aromatic rings. The lowest BCUT2D eigenvalue weighted by molar-refractivity contribution is 0.836. The molecule has 19 heavy (non-hydrogen) atoms. The number of hydrogen-bond acceptors (Lipinski definition) is 4. The highest BCUT2D eigenvalue weighted by atomic mass is 32.1. The first-order valence-electron chi connectivity index (χ1n) is 5.86. The molecule has 94 valence electrons. The second-order valence-electron chi connectivity index (χ2n) is 4.45. The summed E-state index contributed by atoms with van der Waals surface area (Å²) in [7, 11) is 0. The number of fused-ring (bicyclic) bond motifs is 1. The SMILES string of the molecule is Cc1cscc1Cn1c(N)nc2ccc(C#N)cc21. The van der Waals surface area contributed by atoms with Crippen LogP contribution in [0.2, 0.25) is 0 Å². The lowest BCUT2D eigenvalue weighted by atomic mass is 10.2. The monoisotopic (exact) mass is 268 g/mol. The van der Waals surface area contributed by atoms with Crippen molar-refractivity contribution >= 4 is 28.3 Å². The first-order valence-corrected chi connectivity index (χ1v) is 6.81. The lowest BCUT2D eigenvalue weighted by Crippen LogP contribution is -2.04. The van der Waals surface area contributed by atoms with Crippen molar-refractivity contribution in [1.29, 1.82) is 5.26 Å². The number of aryl methyl sites for hydroxylation is 1. The number of aromatic nitrogens is 2. The number of nitrogens with two attached hydrogens (primary N) is 1. The molecule has 5 heteroatoms. The van der Waals surface area contributed by atoms with Gasteiger partial charge in [-0.25, -0.2) is 4.98 Å². The minimum atomic E-state index is 0.482. The molecule has 0 aliphatic carbocycles. The number of thiophene rings is 1. The van der Waals surface area contributed by atoms with E-state index in [-0.39, 0.29) is 0 Å². The first kappa shape index (κ1) is 11.8. The second-order valence-corrected chi connectivity index (χ2v) is 5.20. The predicted molar refractivity (Wildman–Crippen MR) is 77.0 cm³/mol. The van der Waals surface area contributed by atoms with Crippen LogP contribution in [0.15, 0.2) is 29.0 Å². The summed E-state index contributed by atoms with van der Waals surface area (Å²) in [6, 6.07) is 7.57. The van der Waals surface area contributed by atoms with Crippen LogP contribution in [0, 0.1) is 18.3 Å². The van der Waals surface area contributed by atoms with Gasteiger partial charge in [0, 0.05) is 0 Å². The number of anilines is 1. The van der Waals surface area contributed by atoms with Crippen LogP contribution in [0.25, 0.3) is 11.0 Å². The van der Waals surface area contributed by atoms with Crippen molar-refractivity contribution in [3.8, 4) is 6.07 Å². The Bertz CT molecular complexity index is 791. The minimum Gasteiger partial charge on any atom is -0.369 e. The Morgan fingerprint density at radius 1 is 1.42 bits per heavy atom. The normalized spacial score (nSPS) is 10.7. The van der Waals surface area contributed by atoms with E-state index in [1.165, 1.54) is 11.1 Å². The third-order valence-electron chi connectivity index (χ3n) is 3.20. The maximum Gasteiger partial charge on any atom is 0.201 e. The van der Waals surface area contributed by atoms with Crippen LogP contribution >= 0.6 is 11.3 Å². The molecule has 0 atom stereocenters. The van der Waals surface area contributed by atoms with E-state index in [4.69, 9.17) is 11.0 Å². The van der Waals surface area contributed by atoms with E-state index in [0.717, 1.165) is 11.0 Å². The molecule has 0 aliphatic heterocycles. The highest BCUT2D eigenvalue weighted by molar-refractivity contribution is 7.08. The Morgan fingerprint density at radius 3 is 2.95 bits per heavy atom. The van der Waals surface area contributed by atoms with Crippen LogP contribution in [0.3, 0.4) is 0 Å². The standard InChI is InChI=1S/C14H12N4S/c1-9-7-19-8-11(9)6-18-13-4-10(5-15)2-3-12(13)17-14(18)16/h2-4,7-8H,6H2,1H3,(H2,16,17). The Morgan fingerprint density at radius 2 is 2.26 bits per heavy atom. The molecule has 0 bridgehead atoms.